The van der Waals surface area contributed by atoms with Crippen LogP contribution < -0.4 is 16.4 Å². The van der Waals surface area contributed by atoms with Crippen LogP contribution in [0.3, 0.4) is 0 Å². The van der Waals surface area contributed by atoms with E-state index in [2.05, 4.69) is 10.2 Å². The Kier molecular flexibility index (Phi) is 4.94. The summed E-state index contributed by atoms with van der Waals surface area (Å²) in [6.07, 6.45) is 0. The molecular formula is C20H19ClN6O2. The molecule has 1 amide bonds. The molecule has 0 aliphatic carbocycles. The largest absolute Gasteiger partial charge is 0.368 e. The van der Waals surface area contributed by atoms with Gasteiger partial charge in [-0.2, -0.15) is 5.10 Å². The number of nitrogens with zero attached hydrogens (tertiary/aromatic N) is 4. The SMILES string of the molecule is C[C@@H](C(N)=O)n1c(N2C[C@H](c3ccccc3)C(c3ccc(Cl)cc3)=N2)n[nH]c1=O. The monoisotopic (exact) mass is 410 g/mol. The lowest BCUT2D eigenvalue weighted by Crippen LogP contribution is -2.33. The minimum absolute atomic E-state index is 0.0542. The number of amides is 1. The van der Waals surface area contributed by atoms with Crippen LogP contribution in [0, 0.1) is 0 Å². The van der Waals surface area contributed by atoms with Gasteiger partial charge in [-0.3, -0.25) is 4.79 Å². The molecular weight excluding hydrogens is 392 g/mol. The molecule has 0 spiro atoms. The van der Waals surface area contributed by atoms with E-state index in [4.69, 9.17) is 22.4 Å². The minimum atomic E-state index is -0.860. The van der Waals surface area contributed by atoms with Crippen LogP contribution in [-0.4, -0.2) is 32.9 Å². The number of H-pyrrole nitrogens is 1. The molecule has 0 radical (unpaired) electrons. The van der Waals surface area contributed by atoms with Crippen molar-refractivity contribution in [1.29, 1.82) is 0 Å². The molecule has 1 aliphatic heterocycles. The number of nitrogens with two attached hydrogens (primary N) is 1. The Morgan fingerprint density at radius 2 is 1.90 bits per heavy atom. The van der Waals surface area contributed by atoms with Crippen LogP contribution in [0.25, 0.3) is 0 Å². The third-order valence-corrected chi connectivity index (χ3v) is 5.22. The van der Waals surface area contributed by atoms with Gasteiger partial charge in [0.05, 0.1) is 12.3 Å². The van der Waals surface area contributed by atoms with Gasteiger partial charge < -0.3 is 5.73 Å². The molecule has 0 saturated carbocycles. The quantitative estimate of drug-likeness (QED) is 0.672. The van der Waals surface area contributed by atoms with Crippen molar-refractivity contribution in [3.05, 3.63) is 81.2 Å². The topological polar surface area (TPSA) is 109 Å². The van der Waals surface area contributed by atoms with Crippen LogP contribution in [0.5, 0.6) is 0 Å². The lowest BCUT2D eigenvalue weighted by atomic mass is 9.91. The van der Waals surface area contributed by atoms with Crippen LogP contribution in [0.2, 0.25) is 5.02 Å². The zero-order valence-electron chi connectivity index (χ0n) is 15.6. The normalized spacial score (nSPS) is 17.2. The highest BCUT2D eigenvalue weighted by molar-refractivity contribution is 6.30. The highest BCUT2D eigenvalue weighted by Crippen LogP contribution is 2.31. The number of anilines is 1. The number of aromatic nitrogens is 3. The summed E-state index contributed by atoms with van der Waals surface area (Å²) in [5.74, 6) is -0.442. The zero-order valence-corrected chi connectivity index (χ0v) is 16.4. The van der Waals surface area contributed by atoms with Crippen molar-refractivity contribution in [3.63, 3.8) is 0 Å². The summed E-state index contributed by atoms with van der Waals surface area (Å²) >= 11 is 6.04. The predicted molar refractivity (Wildman–Crippen MR) is 111 cm³/mol. The molecule has 2 heterocycles. The molecule has 3 aromatic rings. The van der Waals surface area contributed by atoms with Gasteiger partial charge in [0.25, 0.3) is 0 Å². The molecule has 1 aromatic heterocycles. The fourth-order valence-corrected chi connectivity index (χ4v) is 3.54. The first-order valence-electron chi connectivity index (χ1n) is 9.09. The van der Waals surface area contributed by atoms with Crippen LogP contribution in [0.1, 0.15) is 30.0 Å². The van der Waals surface area contributed by atoms with Crippen molar-refractivity contribution in [2.24, 2.45) is 10.8 Å². The Bertz CT molecular complexity index is 1120. The summed E-state index contributed by atoms with van der Waals surface area (Å²) in [5.41, 5.74) is 7.71. The van der Waals surface area contributed by atoms with Gasteiger partial charge in [0.15, 0.2) is 0 Å². The van der Waals surface area contributed by atoms with E-state index < -0.39 is 17.6 Å². The van der Waals surface area contributed by atoms with Gasteiger partial charge in [0, 0.05) is 10.9 Å². The lowest BCUT2D eigenvalue weighted by molar-refractivity contribution is -0.120. The summed E-state index contributed by atoms with van der Waals surface area (Å²) in [7, 11) is 0. The van der Waals surface area contributed by atoms with Crippen LogP contribution in [-0.2, 0) is 4.79 Å². The van der Waals surface area contributed by atoms with Gasteiger partial charge in [-0.25, -0.2) is 19.5 Å². The van der Waals surface area contributed by atoms with E-state index in [1.807, 2.05) is 54.6 Å². The second kappa shape index (κ2) is 7.56. The smallest absolute Gasteiger partial charge is 0.345 e. The Morgan fingerprint density at radius 3 is 2.55 bits per heavy atom. The zero-order chi connectivity index (χ0) is 20.5. The van der Waals surface area contributed by atoms with E-state index in [1.54, 1.807) is 11.9 Å². The summed E-state index contributed by atoms with van der Waals surface area (Å²) in [5, 5.41) is 13.5. The summed E-state index contributed by atoms with van der Waals surface area (Å²) in [4.78, 5) is 23.9. The number of halogens is 1. The third-order valence-electron chi connectivity index (χ3n) is 4.97. The number of rotatable bonds is 5. The van der Waals surface area contributed by atoms with Gasteiger partial charge in [-0.15, -0.1) is 5.10 Å². The fraction of sp³-hybridized carbons (Fsp3) is 0.200. The van der Waals surface area contributed by atoms with Gasteiger partial charge in [0.1, 0.15) is 6.04 Å². The van der Waals surface area contributed by atoms with E-state index in [-0.39, 0.29) is 11.9 Å². The molecule has 1 aliphatic rings. The molecule has 0 saturated heterocycles. The maximum absolute atomic E-state index is 12.2. The number of hydrogen-bond donors (Lipinski definition) is 2. The molecule has 2 atom stereocenters. The summed E-state index contributed by atoms with van der Waals surface area (Å²) in [6, 6.07) is 16.5. The van der Waals surface area contributed by atoms with Crippen molar-refractivity contribution in [2.45, 2.75) is 18.9 Å². The molecule has 9 heteroatoms. The van der Waals surface area contributed by atoms with Crippen LogP contribution in [0.15, 0.2) is 64.5 Å². The van der Waals surface area contributed by atoms with Crippen molar-refractivity contribution >= 4 is 29.2 Å². The molecule has 148 valence electrons. The van der Waals surface area contributed by atoms with Gasteiger partial charge in [-0.05, 0) is 30.2 Å². The van der Waals surface area contributed by atoms with Gasteiger partial charge in [0.2, 0.25) is 11.9 Å². The molecule has 4 rings (SSSR count). The number of hydrazone groups is 1. The number of carbonyl (C=O) groups excluding carboxylic acids is 1. The minimum Gasteiger partial charge on any atom is -0.368 e. The highest BCUT2D eigenvalue weighted by Gasteiger charge is 2.33. The number of benzene rings is 2. The Morgan fingerprint density at radius 1 is 1.21 bits per heavy atom. The van der Waals surface area contributed by atoms with Crippen molar-refractivity contribution in [3.8, 4) is 0 Å². The molecule has 29 heavy (non-hydrogen) atoms. The number of hydrogen-bond acceptors (Lipinski definition) is 5. The molecule has 3 N–H and O–H groups in total. The average molecular weight is 411 g/mol. The van der Waals surface area contributed by atoms with E-state index in [9.17, 15) is 9.59 Å². The lowest BCUT2D eigenvalue weighted by Gasteiger charge is -2.18. The molecule has 0 unspecified atom stereocenters. The number of aromatic amines is 1. The van der Waals surface area contributed by atoms with Crippen molar-refractivity contribution < 1.29 is 4.79 Å². The number of nitrogens with one attached hydrogen (secondary N) is 1. The second-order valence-corrected chi connectivity index (χ2v) is 7.25. The van der Waals surface area contributed by atoms with E-state index in [0.29, 0.717) is 11.6 Å². The van der Waals surface area contributed by atoms with Crippen LogP contribution in [0.4, 0.5) is 5.95 Å². The molecule has 8 nitrogen and oxygen atoms in total. The maximum atomic E-state index is 12.2. The number of carbonyl (C=O) groups is 1. The summed E-state index contributed by atoms with van der Waals surface area (Å²) in [6.45, 7) is 2.01. The fourth-order valence-electron chi connectivity index (χ4n) is 3.41. The van der Waals surface area contributed by atoms with E-state index >= 15 is 0 Å². The van der Waals surface area contributed by atoms with E-state index in [1.165, 1.54) is 4.57 Å². The summed E-state index contributed by atoms with van der Waals surface area (Å²) < 4.78 is 1.22. The Labute approximate surface area is 171 Å². The average Bonchev–Trinajstić information content (AvgIpc) is 3.32. The Balaban J connectivity index is 1.80. The standard InChI is InChI=1S/C20H19ClN6O2/c1-12(18(22)28)27-19(23-24-20(27)29)26-11-16(13-5-3-2-4-6-13)17(25-26)14-7-9-15(21)10-8-14/h2-10,12,16H,11H2,1H3,(H2,22,28)(H,24,29)/t12-,16+/m0/s1. The van der Waals surface area contributed by atoms with Gasteiger partial charge >= 0.3 is 5.69 Å². The highest BCUT2D eigenvalue weighted by atomic mass is 35.5. The first-order chi connectivity index (χ1) is 14.0. The number of primary amides is 1. The predicted octanol–water partition coefficient (Wildman–Crippen LogP) is 2.28. The second-order valence-electron chi connectivity index (χ2n) is 6.81. The Hall–Kier alpha value is -3.39. The first kappa shape index (κ1) is 18.9. The third kappa shape index (κ3) is 3.54. The molecule has 0 bridgehead atoms. The maximum Gasteiger partial charge on any atom is 0.345 e. The molecule has 0 fully saturated rings. The van der Waals surface area contributed by atoms with E-state index in [0.717, 1.165) is 16.8 Å². The van der Waals surface area contributed by atoms with Crippen molar-refractivity contribution in [1.82, 2.24) is 14.8 Å². The van der Waals surface area contributed by atoms with Crippen molar-refractivity contribution in [2.75, 3.05) is 11.6 Å². The first-order valence-corrected chi connectivity index (χ1v) is 9.46. The van der Waals surface area contributed by atoms with Crippen LogP contribution >= 0.6 is 11.6 Å². The van der Waals surface area contributed by atoms with Gasteiger partial charge in [-0.1, -0.05) is 54.1 Å². The molecule has 2 aromatic carbocycles.